The van der Waals surface area contributed by atoms with Crippen LogP contribution >= 0.6 is 46.8 Å². The van der Waals surface area contributed by atoms with Gasteiger partial charge in [-0.3, -0.25) is 3.97 Å². The molecule has 1 aromatic heterocycles. The molecule has 0 unspecified atom stereocenters. The van der Waals surface area contributed by atoms with E-state index in [0.29, 0.717) is 33.7 Å². The molecule has 2 nitrogen and oxygen atoms in total. The van der Waals surface area contributed by atoms with Gasteiger partial charge >= 0.3 is 3.92 Å². The zero-order valence-corrected chi connectivity index (χ0v) is 12.4. The van der Waals surface area contributed by atoms with Crippen molar-refractivity contribution in [3.05, 3.63) is 47.2 Å². The molecular weight excluding hydrogens is 330 g/mol. The average Bonchev–Trinajstić information content (AvgIpc) is 2.70. The van der Waals surface area contributed by atoms with Crippen molar-refractivity contribution in [1.29, 1.82) is 5.26 Å². The largest absolute Gasteiger partial charge is 0.323 e. The second kappa shape index (κ2) is 5.64. The molecule has 0 aliphatic carbocycles. The molecule has 0 fully saturated rings. The van der Waals surface area contributed by atoms with E-state index in [4.69, 9.17) is 40.1 Å². The Balaban J connectivity index is 2.47. The number of aromatic nitrogens is 1. The number of halogens is 4. The molecule has 0 radical (unpaired) electrons. The Morgan fingerprint density at radius 2 is 1.89 bits per heavy atom. The van der Waals surface area contributed by atoms with E-state index in [1.807, 2.05) is 6.07 Å². The molecule has 0 atom stereocenters. The minimum absolute atomic E-state index is 0.359. The number of hydrogen-bond donors (Lipinski definition) is 0. The molecule has 0 saturated heterocycles. The summed E-state index contributed by atoms with van der Waals surface area (Å²) in [6.07, 6.45) is 3.01. The van der Waals surface area contributed by atoms with E-state index in [9.17, 15) is 4.39 Å². The standard InChI is InChI=1S/C12H6Cl3FN2S/c13-11-4-2-1-3-9(11)10-7-18(6-8(10)5-17)19-12(14,15)16/h1-4,6-7H. The lowest BCUT2D eigenvalue weighted by molar-refractivity contribution is 0.514. The van der Waals surface area contributed by atoms with Crippen LogP contribution in [0.3, 0.4) is 0 Å². The zero-order chi connectivity index (χ0) is 14.0. The molecule has 2 rings (SSSR count). The van der Waals surface area contributed by atoms with Crippen molar-refractivity contribution in [3.8, 4) is 17.2 Å². The molecule has 7 heteroatoms. The Kier molecular flexibility index (Phi) is 4.32. The van der Waals surface area contributed by atoms with Crippen LogP contribution in [0.15, 0.2) is 36.7 Å². The highest BCUT2D eigenvalue weighted by Gasteiger charge is 2.25. The number of benzene rings is 1. The molecule has 0 aliphatic rings. The van der Waals surface area contributed by atoms with Gasteiger partial charge in [-0.15, -0.1) is 0 Å². The van der Waals surface area contributed by atoms with Gasteiger partial charge in [0.25, 0.3) is 0 Å². The molecule has 19 heavy (non-hydrogen) atoms. The average molecular weight is 336 g/mol. The van der Waals surface area contributed by atoms with Gasteiger partial charge in [-0.25, -0.2) is 0 Å². The number of nitrogens with zero attached hydrogens (tertiary/aromatic N) is 2. The lowest BCUT2D eigenvalue weighted by Gasteiger charge is -2.07. The van der Waals surface area contributed by atoms with E-state index >= 15 is 0 Å². The van der Waals surface area contributed by atoms with Crippen molar-refractivity contribution in [2.45, 2.75) is 3.92 Å². The van der Waals surface area contributed by atoms with Crippen LogP contribution in [0.2, 0.25) is 5.02 Å². The zero-order valence-electron chi connectivity index (χ0n) is 9.28. The predicted octanol–water partition coefficient (Wildman–Crippen LogP) is 5.23. The first-order valence-electron chi connectivity index (χ1n) is 5.04. The van der Waals surface area contributed by atoms with Crippen LogP contribution in [0.4, 0.5) is 4.39 Å². The molecule has 1 aromatic carbocycles. The molecule has 0 spiro atoms. The monoisotopic (exact) mass is 334 g/mol. The van der Waals surface area contributed by atoms with Crippen LogP contribution in [0, 0.1) is 11.3 Å². The van der Waals surface area contributed by atoms with Crippen molar-refractivity contribution in [2.24, 2.45) is 0 Å². The van der Waals surface area contributed by atoms with Crippen molar-refractivity contribution >= 4 is 46.8 Å². The minimum atomic E-state index is -2.47. The summed E-state index contributed by atoms with van der Waals surface area (Å²) in [6.45, 7) is 0. The molecule has 98 valence electrons. The fraction of sp³-hybridized carbons (Fsp3) is 0.0833. The summed E-state index contributed by atoms with van der Waals surface area (Å²) in [7, 11) is 0. The van der Waals surface area contributed by atoms with Crippen molar-refractivity contribution in [3.63, 3.8) is 0 Å². The third kappa shape index (κ3) is 3.58. The van der Waals surface area contributed by atoms with E-state index < -0.39 is 3.92 Å². The Bertz CT molecular complexity index is 643. The van der Waals surface area contributed by atoms with Crippen LogP contribution in [-0.4, -0.2) is 7.89 Å². The molecule has 0 aliphatic heterocycles. The van der Waals surface area contributed by atoms with Gasteiger partial charge in [0, 0.05) is 40.5 Å². The first-order chi connectivity index (χ1) is 8.90. The summed E-state index contributed by atoms with van der Waals surface area (Å²) in [5, 5.41) is 9.61. The highest BCUT2D eigenvalue weighted by Crippen LogP contribution is 2.39. The number of alkyl halides is 3. The van der Waals surface area contributed by atoms with Gasteiger partial charge in [0.05, 0.1) is 5.56 Å². The topological polar surface area (TPSA) is 28.7 Å². The summed E-state index contributed by atoms with van der Waals surface area (Å²) < 4.78 is 12.0. The summed E-state index contributed by atoms with van der Waals surface area (Å²) in [6, 6.07) is 9.10. The summed E-state index contributed by atoms with van der Waals surface area (Å²) in [5.41, 5.74) is 1.64. The maximum atomic E-state index is 13.2. The minimum Gasteiger partial charge on any atom is -0.292 e. The number of hydrogen-bond acceptors (Lipinski definition) is 2. The van der Waals surface area contributed by atoms with Crippen LogP contribution < -0.4 is 0 Å². The SMILES string of the molecule is N#Cc1cn(SC(F)(Cl)Cl)cc1-c1ccccc1Cl. The molecular formula is C12H6Cl3FN2S. The predicted molar refractivity (Wildman–Crippen MR) is 78.1 cm³/mol. The van der Waals surface area contributed by atoms with Crippen LogP contribution in [0.25, 0.3) is 11.1 Å². The number of rotatable bonds is 3. The smallest absolute Gasteiger partial charge is 0.292 e. The first kappa shape index (κ1) is 14.5. The maximum Gasteiger partial charge on any atom is 0.323 e. The second-order valence-corrected chi connectivity index (χ2v) is 6.83. The number of nitriles is 1. The maximum absolute atomic E-state index is 13.2. The normalized spacial score (nSPS) is 11.3. The summed E-state index contributed by atoms with van der Waals surface area (Å²) in [4.78, 5) is 0. The van der Waals surface area contributed by atoms with Gasteiger partial charge in [0.2, 0.25) is 0 Å². The van der Waals surface area contributed by atoms with Crippen LogP contribution in [-0.2, 0) is 0 Å². The third-order valence-electron chi connectivity index (χ3n) is 2.30. The molecule has 0 amide bonds. The molecule has 2 aromatic rings. The quantitative estimate of drug-likeness (QED) is 0.718. The summed E-state index contributed by atoms with van der Waals surface area (Å²) in [5.74, 6) is 0. The lowest BCUT2D eigenvalue weighted by atomic mass is 10.1. The fourth-order valence-corrected chi connectivity index (χ4v) is 2.86. The van der Waals surface area contributed by atoms with Crippen LogP contribution in [0.1, 0.15) is 5.56 Å². The molecule has 0 bridgehead atoms. The first-order valence-corrected chi connectivity index (χ1v) is 6.94. The van der Waals surface area contributed by atoms with Gasteiger partial charge in [-0.1, -0.05) is 53.0 Å². The highest BCUT2D eigenvalue weighted by molar-refractivity contribution is 8.01. The third-order valence-corrected chi connectivity index (χ3v) is 3.67. The highest BCUT2D eigenvalue weighted by atomic mass is 35.5. The molecule has 0 N–H and O–H groups in total. The van der Waals surface area contributed by atoms with Gasteiger partial charge in [-0.2, -0.15) is 9.65 Å². The Hall–Kier alpha value is -0.860. The van der Waals surface area contributed by atoms with Crippen molar-refractivity contribution in [1.82, 2.24) is 3.97 Å². The van der Waals surface area contributed by atoms with E-state index in [1.54, 1.807) is 30.5 Å². The van der Waals surface area contributed by atoms with Crippen LogP contribution in [0.5, 0.6) is 0 Å². The Labute approximate surface area is 128 Å². The van der Waals surface area contributed by atoms with Gasteiger partial charge < -0.3 is 0 Å². The van der Waals surface area contributed by atoms with Gasteiger partial charge in [-0.05, 0) is 6.07 Å². The second-order valence-electron chi connectivity index (χ2n) is 3.57. The lowest BCUT2D eigenvalue weighted by Crippen LogP contribution is -1.99. The van der Waals surface area contributed by atoms with Gasteiger partial charge in [0.1, 0.15) is 6.07 Å². The molecule has 0 saturated carbocycles. The van der Waals surface area contributed by atoms with E-state index in [1.165, 1.54) is 10.2 Å². The van der Waals surface area contributed by atoms with E-state index in [0.717, 1.165) is 0 Å². The Morgan fingerprint density at radius 1 is 1.21 bits per heavy atom. The van der Waals surface area contributed by atoms with E-state index in [-0.39, 0.29) is 0 Å². The summed E-state index contributed by atoms with van der Waals surface area (Å²) >= 11 is 17.2. The van der Waals surface area contributed by atoms with E-state index in [2.05, 4.69) is 0 Å². The van der Waals surface area contributed by atoms with Crippen molar-refractivity contribution < 1.29 is 4.39 Å². The Morgan fingerprint density at radius 3 is 2.47 bits per heavy atom. The molecule has 1 heterocycles. The van der Waals surface area contributed by atoms with Gasteiger partial charge in [0.15, 0.2) is 0 Å². The fourth-order valence-electron chi connectivity index (χ4n) is 1.59. The van der Waals surface area contributed by atoms with Crippen molar-refractivity contribution in [2.75, 3.05) is 0 Å².